The van der Waals surface area contributed by atoms with E-state index < -0.39 is 0 Å². The van der Waals surface area contributed by atoms with Gasteiger partial charge in [0.05, 0.1) is 5.69 Å². The Morgan fingerprint density at radius 1 is 0.449 bits per heavy atom. The number of hydrogen-bond donors (Lipinski definition) is 0. The molecule has 0 aromatic heterocycles. The van der Waals surface area contributed by atoms with E-state index in [1.165, 1.54) is 89.4 Å². The van der Waals surface area contributed by atoms with Crippen LogP contribution in [0.4, 0.5) is 17.1 Å². The molecule has 6 aromatic rings. The van der Waals surface area contributed by atoms with Gasteiger partial charge in [-0.3, -0.25) is 0 Å². The van der Waals surface area contributed by atoms with Crippen LogP contribution in [0.1, 0.15) is 87.4 Å². The fourth-order valence-electron chi connectivity index (χ4n) is 8.39. The molecular formula is C48H47N. The Bertz CT molecular complexity index is 2270. The van der Waals surface area contributed by atoms with Crippen molar-refractivity contribution >= 4 is 17.1 Å². The van der Waals surface area contributed by atoms with Crippen molar-refractivity contribution < 1.29 is 0 Å². The van der Waals surface area contributed by atoms with Crippen molar-refractivity contribution in [2.45, 2.75) is 78.6 Å². The van der Waals surface area contributed by atoms with Crippen LogP contribution in [-0.2, 0) is 16.2 Å². The van der Waals surface area contributed by atoms with E-state index in [2.05, 4.69) is 189 Å². The van der Waals surface area contributed by atoms with Crippen molar-refractivity contribution in [1.82, 2.24) is 0 Å². The van der Waals surface area contributed by atoms with Crippen LogP contribution in [0.5, 0.6) is 0 Å². The SMILES string of the molecule is Cc1ccc(-c2ccc(C)cc2N(c2ccc3c(c2)C(C)(C)c2ccccc2-3)c2ccc3c(c2)C(C)(C)c2cc(C(C)(C)C)ccc2-3)cc1. The normalized spacial score (nSPS) is 15.0. The zero-order chi connectivity index (χ0) is 34.5. The maximum atomic E-state index is 2.52. The fourth-order valence-corrected chi connectivity index (χ4v) is 8.39. The monoisotopic (exact) mass is 637 g/mol. The Labute approximate surface area is 293 Å². The summed E-state index contributed by atoms with van der Waals surface area (Å²) in [7, 11) is 0. The molecule has 0 bridgehead atoms. The third kappa shape index (κ3) is 4.89. The number of rotatable bonds is 4. The van der Waals surface area contributed by atoms with Gasteiger partial charge in [0, 0.05) is 27.8 Å². The molecule has 0 heterocycles. The molecule has 244 valence electrons. The first-order chi connectivity index (χ1) is 23.2. The van der Waals surface area contributed by atoms with E-state index in [-0.39, 0.29) is 16.2 Å². The zero-order valence-electron chi connectivity index (χ0n) is 30.5. The average Bonchev–Trinajstić information content (AvgIpc) is 3.44. The number of anilines is 3. The molecule has 0 unspecified atom stereocenters. The van der Waals surface area contributed by atoms with Crippen LogP contribution in [0.2, 0.25) is 0 Å². The molecule has 0 fully saturated rings. The molecule has 2 aliphatic rings. The van der Waals surface area contributed by atoms with Crippen molar-refractivity contribution in [2.24, 2.45) is 0 Å². The van der Waals surface area contributed by atoms with Crippen LogP contribution in [0.15, 0.2) is 121 Å². The van der Waals surface area contributed by atoms with Gasteiger partial charge < -0.3 is 4.90 Å². The molecule has 0 atom stereocenters. The summed E-state index contributed by atoms with van der Waals surface area (Å²) in [4.78, 5) is 2.52. The third-order valence-corrected chi connectivity index (χ3v) is 11.4. The van der Waals surface area contributed by atoms with Crippen LogP contribution >= 0.6 is 0 Å². The first kappa shape index (κ1) is 31.4. The average molecular weight is 638 g/mol. The minimum atomic E-state index is -0.123. The van der Waals surface area contributed by atoms with Crippen LogP contribution in [0.25, 0.3) is 33.4 Å². The molecule has 0 radical (unpaired) electrons. The number of nitrogens with zero attached hydrogens (tertiary/aromatic N) is 1. The van der Waals surface area contributed by atoms with Gasteiger partial charge in [0.25, 0.3) is 0 Å². The highest BCUT2D eigenvalue weighted by Gasteiger charge is 2.38. The van der Waals surface area contributed by atoms with E-state index in [0.29, 0.717) is 0 Å². The first-order valence-electron chi connectivity index (χ1n) is 17.8. The standard InChI is InChI=1S/C48H47N/c1-30-14-17-32(18-15-30)36-22-16-31(2)26-45(36)49(34-20-24-39-37-12-10-11-13-41(37)47(6,7)43(39)28-34)35-21-25-40-38-23-19-33(46(3,4)5)27-42(38)48(8,9)44(40)29-35/h10-29H,1-9H3. The maximum absolute atomic E-state index is 2.52. The molecule has 0 amide bonds. The van der Waals surface area contributed by atoms with Crippen molar-refractivity contribution in [3.8, 4) is 33.4 Å². The second kappa shape index (κ2) is 10.8. The number of hydrogen-bond acceptors (Lipinski definition) is 1. The smallest absolute Gasteiger partial charge is 0.0542 e. The lowest BCUT2D eigenvalue weighted by Gasteiger charge is -2.31. The summed E-state index contributed by atoms with van der Waals surface area (Å²) in [5.41, 5.74) is 20.8. The summed E-state index contributed by atoms with van der Waals surface area (Å²) in [5, 5.41) is 0. The lowest BCUT2D eigenvalue weighted by molar-refractivity contribution is 0.584. The van der Waals surface area contributed by atoms with Gasteiger partial charge in [-0.05, 0) is 111 Å². The predicted octanol–water partition coefficient (Wildman–Crippen LogP) is 13.4. The van der Waals surface area contributed by atoms with Crippen molar-refractivity contribution in [1.29, 1.82) is 0 Å². The van der Waals surface area contributed by atoms with Gasteiger partial charge in [-0.1, -0.05) is 145 Å². The molecule has 49 heavy (non-hydrogen) atoms. The highest BCUT2D eigenvalue weighted by atomic mass is 15.1. The Morgan fingerprint density at radius 2 is 0.939 bits per heavy atom. The molecule has 0 N–H and O–H groups in total. The second-order valence-corrected chi connectivity index (χ2v) is 16.5. The lowest BCUT2D eigenvalue weighted by Crippen LogP contribution is -2.19. The third-order valence-electron chi connectivity index (χ3n) is 11.4. The molecule has 0 saturated carbocycles. The minimum Gasteiger partial charge on any atom is -0.310 e. The van der Waals surface area contributed by atoms with Gasteiger partial charge >= 0.3 is 0 Å². The molecule has 0 saturated heterocycles. The maximum Gasteiger partial charge on any atom is 0.0542 e. The summed E-state index contributed by atoms with van der Waals surface area (Å²) < 4.78 is 0. The fraction of sp³-hybridized carbons (Fsp3) is 0.250. The quantitative estimate of drug-likeness (QED) is 0.186. The molecule has 1 nitrogen and oxygen atoms in total. The van der Waals surface area contributed by atoms with E-state index in [1.54, 1.807) is 0 Å². The van der Waals surface area contributed by atoms with E-state index in [1.807, 2.05) is 0 Å². The molecular weight excluding hydrogens is 591 g/mol. The molecule has 8 rings (SSSR count). The van der Waals surface area contributed by atoms with E-state index >= 15 is 0 Å². The number of fused-ring (bicyclic) bond motifs is 6. The second-order valence-electron chi connectivity index (χ2n) is 16.5. The van der Waals surface area contributed by atoms with Crippen molar-refractivity contribution in [2.75, 3.05) is 4.90 Å². The van der Waals surface area contributed by atoms with E-state index in [0.717, 1.165) is 0 Å². The molecule has 0 aliphatic heterocycles. The number of benzene rings is 6. The van der Waals surface area contributed by atoms with Gasteiger partial charge in [-0.25, -0.2) is 0 Å². The van der Waals surface area contributed by atoms with Gasteiger partial charge in [0.15, 0.2) is 0 Å². The van der Waals surface area contributed by atoms with E-state index in [4.69, 9.17) is 0 Å². The van der Waals surface area contributed by atoms with Crippen LogP contribution < -0.4 is 4.90 Å². The summed E-state index contributed by atoms with van der Waals surface area (Å²) in [5.74, 6) is 0. The molecule has 6 aromatic carbocycles. The summed E-state index contributed by atoms with van der Waals surface area (Å²) >= 11 is 0. The molecule has 1 heteroatoms. The van der Waals surface area contributed by atoms with Gasteiger partial charge in [0.2, 0.25) is 0 Å². The zero-order valence-corrected chi connectivity index (χ0v) is 30.5. The largest absolute Gasteiger partial charge is 0.310 e. The predicted molar refractivity (Wildman–Crippen MR) is 210 cm³/mol. The van der Waals surface area contributed by atoms with Gasteiger partial charge in [-0.15, -0.1) is 0 Å². The molecule has 2 aliphatic carbocycles. The lowest BCUT2D eigenvalue weighted by atomic mass is 9.79. The minimum absolute atomic E-state index is 0.0909. The van der Waals surface area contributed by atoms with Crippen molar-refractivity contribution in [3.05, 3.63) is 160 Å². The summed E-state index contributed by atoms with van der Waals surface area (Å²) in [6.07, 6.45) is 0. The summed E-state index contributed by atoms with van der Waals surface area (Å²) in [6, 6.07) is 46.3. The van der Waals surface area contributed by atoms with Crippen LogP contribution in [-0.4, -0.2) is 0 Å². The highest BCUT2D eigenvalue weighted by Crippen LogP contribution is 2.54. The Hall–Kier alpha value is -4.88. The van der Waals surface area contributed by atoms with Gasteiger partial charge in [0.1, 0.15) is 0 Å². The Morgan fingerprint density at radius 3 is 1.55 bits per heavy atom. The van der Waals surface area contributed by atoms with Crippen molar-refractivity contribution in [3.63, 3.8) is 0 Å². The molecule has 0 spiro atoms. The van der Waals surface area contributed by atoms with Crippen LogP contribution in [0, 0.1) is 13.8 Å². The topological polar surface area (TPSA) is 3.24 Å². The first-order valence-corrected chi connectivity index (χ1v) is 17.8. The van der Waals surface area contributed by atoms with E-state index in [9.17, 15) is 0 Å². The van der Waals surface area contributed by atoms with Crippen LogP contribution in [0.3, 0.4) is 0 Å². The highest BCUT2D eigenvalue weighted by molar-refractivity contribution is 5.92. The van der Waals surface area contributed by atoms with Gasteiger partial charge in [-0.2, -0.15) is 0 Å². The summed E-state index contributed by atoms with van der Waals surface area (Å²) in [6.45, 7) is 20.8. The Balaban J connectivity index is 1.35. The Kier molecular flexibility index (Phi) is 6.93. The number of aryl methyl sites for hydroxylation is 2.